The molecule has 1 aromatic heterocycles. The number of hydrogen-bond acceptors (Lipinski definition) is 6. The zero-order chi connectivity index (χ0) is 13.8. The molecule has 2 heterocycles. The lowest BCUT2D eigenvalue weighted by atomic mass is 10.1. The highest BCUT2D eigenvalue weighted by atomic mass is 16.5. The van der Waals surface area contributed by atoms with Crippen LogP contribution in [0.3, 0.4) is 0 Å². The molecule has 2 atom stereocenters. The van der Waals surface area contributed by atoms with E-state index in [4.69, 9.17) is 10.6 Å². The van der Waals surface area contributed by atoms with Crippen LogP contribution in [0.5, 0.6) is 0 Å². The highest BCUT2D eigenvalue weighted by Crippen LogP contribution is 2.13. The Kier molecular flexibility index (Phi) is 4.87. The topological polar surface area (TPSA) is 81.2 Å². The van der Waals surface area contributed by atoms with Crippen LogP contribution in [0.25, 0.3) is 0 Å². The van der Waals surface area contributed by atoms with E-state index in [1.54, 1.807) is 11.0 Å². The van der Waals surface area contributed by atoms with Gasteiger partial charge in [0.05, 0.1) is 18.8 Å². The Hall–Kier alpha value is -1.02. The number of nitrogens with one attached hydrogen (secondary N) is 1. The molecule has 1 fully saturated rings. The molecule has 0 amide bonds. The molecule has 1 aromatic rings. The lowest BCUT2D eigenvalue weighted by Crippen LogP contribution is -2.56. The molecule has 0 saturated carbocycles. The van der Waals surface area contributed by atoms with Gasteiger partial charge in [-0.25, -0.2) is 4.98 Å². The van der Waals surface area contributed by atoms with Crippen LogP contribution in [0.4, 0.5) is 0 Å². The van der Waals surface area contributed by atoms with Crippen molar-refractivity contribution in [2.75, 3.05) is 19.7 Å². The molecule has 0 spiro atoms. The summed E-state index contributed by atoms with van der Waals surface area (Å²) in [6.45, 7) is 7.03. The minimum Gasteiger partial charge on any atom is -0.374 e. The van der Waals surface area contributed by atoms with Gasteiger partial charge in [0.2, 0.25) is 0 Å². The number of aryl methyl sites for hydroxylation is 1. The summed E-state index contributed by atoms with van der Waals surface area (Å²) >= 11 is 0. The third-order valence-corrected chi connectivity index (χ3v) is 3.73. The van der Waals surface area contributed by atoms with Gasteiger partial charge in [-0.2, -0.15) is 5.10 Å². The normalized spacial score (nSPS) is 22.9. The van der Waals surface area contributed by atoms with E-state index in [0.717, 1.165) is 25.5 Å². The van der Waals surface area contributed by atoms with Crippen LogP contribution in [0.2, 0.25) is 0 Å². The number of morpholine rings is 1. The van der Waals surface area contributed by atoms with Crippen molar-refractivity contribution in [3.05, 3.63) is 12.2 Å². The SMILES string of the molecule is CC(C)N1CCOC(C(Cc2ncnn2C)NN)C1. The van der Waals surface area contributed by atoms with Crippen molar-refractivity contribution < 1.29 is 4.74 Å². The van der Waals surface area contributed by atoms with Crippen LogP contribution in [0.15, 0.2) is 6.33 Å². The first-order chi connectivity index (χ1) is 9.11. The lowest BCUT2D eigenvalue weighted by Gasteiger charge is -2.38. The maximum Gasteiger partial charge on any atom is 0.138 e. The predicted molar refractivity (Wildman–Crippen MR) is 72.3 cm³/mol. The molecule has 7 heteroatoms. The van der Waals surface area contributed by atoms with Crippen LogP contribution in [-0.2, 0) is 18.2 Å². The fourth-order valence-corrected chi connectivity index (χ4v) is 2.41. The van der Waals surface area contributed by atoms with Crippen molar-refractivity contribution in [2.24, 2.45) is 12.9 Å². The van der Waals surface area contributed by atoms with Gasteiger partial charge in [0.1, 0.15) is 12.2 Å². The number of ether oxygens (including phenoxy) is 1. The summed E-state index contributed by atoms with van der Waals surface area (Å²) in [5.74, 6) is 6.60. The van der Waals surface area contributed by atoms with Gasteiger partial charge in [-0.1, -0.05) is 0 Å². The summed E-state index contributed by atoms with van der Waals surface area (Å²) in [6, 6.07) is 0.573. The molecular formula is C12H24N6O. The largest absolute Gasteiger partial charge is 0.374 e. The summed E-state index contributed by atoms with van der Waals surface area (Å²) < 4.78 is 7.63. The number of nitrogens with two attached hydrogens (primary N) is 1. The van der Waals surface area contributed by atoms with Crippen molar-refractivity contribution in [3.63, 3.8) is 0 Å². The first-order valence-corrected chi connectivity index (χ1v) is 6.76. The Labute approximate surface area is 114 Å². The van der Waals surface area contributed by atoms with Gasteiger partial charge in [-0.15, -0.1) is 0 Å². The summed E-state index contributed by atoms with van der Waals surface area (Å²) in [5, 5.41) is 4.08. The van der Waals surface area contributed by atoms with Crippen molar-refractivity contribution in [1.29, 1.82) is 0 Å². The second-order valence-corrected chi connectivity index (χ2v) is 5.28. The maximum atomic E-state index is 5.86. The van der Waals surface area contributed by atoms with Crippen LogP contribution >= 0.6 is 0 Å². The molecule has 1 saturated heterocycles. The molecule has 3 N–H and O–H groups in total. The first-order valence-electron chi connectivity index (χ1n) is 6.76. The van der Waals surface area contributed by atoms with E-state index >= 15 is 0 Å². The molecule has 19 heavy (non-hydrogen) atoms. The Morgan fingerprint density at radius 2 is 2.37 bits per heavy atom. The van der Waals surface area contributed by atoms with Crippen molar-refractivity contribution in [3.8, 4) is 0 Å². The van der Waals surface area contributed by atoms with Gasteiger partial charge >= 0.3 is 0 Å². The minimum absolute atomic E-state index is 0.0458. The van der Waals surface area contributed by atoms with Gasteiger partial charge in [0, 0.05) is 32.6 Å². The Morgan fingerprint density at radius 3 is 2.95 bits per heavy atom. The quantitative estimate of drug-likeness (QED) is 0.543. The molecule has 0 aliphatic carbocycles. The molecule has 0 aromatic carbocycles. The second-order valence-electron chi connectivity index (χ2n) is 5.28. The summed E-state index contributed by atoms with van der Waals surface area (Å²) in [6.07, 6.45) is 2.35. The number of hydrazine groups is 1. The van der Waals surface area contributed by atoms with E-state index in [0.29, 0.717) is 12.5 Å². The monoisotopic (exact) mass is 268 g/mol. The molecule has 2 rings (SSSR count). The highest BCUT2D eigenvalue weighted by Gasteiger charge is 2.29. The smallest absolute Gasteiger partial charge is 0.138 e. The van der Waals surface area contributed by atoms with Gasteiger partial charge in [0.15, 0.2) is 0 Å². The van der Waals surface area contributed by atoms with Crippen molar-refractivity contribution in [1.82, 2.24) is 25.1 Å². The Bertz CT molecular complexity index is 393. The fourth-order valence-electron chi connectivity index (χ4n) is 2.41. The minimum atomic E-state index is 0.0458. The van der Waals surface area contributed by atoms with Crippen molar-refractivity contribution >= 4 is 0 Å². The summed E-state index contributed by atoms with van der Waals surface area (Å²) in [4.78, 5) is 6.65. The summed E-state index contributed by atoms with van der Waals surface area (Å²) in [7, 11) is 1.89. The number of hydrogen-bond donors (Lipinski definition) is 2. The van der Waals surface area contributed by atoms with E-state index in [1.807, 2.05) is 7.05 Å². The standard InChI is InChI=1S/C12H24N6O/c1-9(2)18-4-5-19-11(7-18)10(16-13)6-12-14-8-15-17(12)3/h8-11,16H,4-7,13H2,1-3H3. The average Bonchev–Trinajstić information content (AvgIpc) is 2.81. The molecule has 108 valence electrons. The molecule has 1 aliphatic rings. The van der Waals surface area contributed by atoms with E-state index in [1.165, 1.54) is 0 Å². The number of aromatic nitrogens is 3. The van der Waals surface area contributed by atoms with Crippen LogP contribution in [0.1, 0.15) is 19.7 Å². The Balaban J connectivity index is 1.99. The number of nitrogens with zero attached hydrogens (tertiary/aromatic N) is 4. The van der Waals surface area contributed by atoms with Gasteiger partial charge in [-0.3, -0.25) is 20.9 Å². The van der Waals surface area contributed by atoms with Gasteiger partial charge in [-0.05, 0) is 13.8 Å². The molecule has 7 nitrogen and oxygen atoms in total. The van der Waals surface area contributed by atoms with E-state index in [9.17, 15) is 0 Å². The van der Waals surface area contributed by atoms with E-state index in [2.05, 4.69) is 34.3 Å². The van der Waals surface area contributed by atoms with Crippen LogP contribution in [0, 0.1) is 0 Å². The molecule has 2 unspecified atom stereocenters. The molecule has 0 radical (unpaired) electrons. The van der Waals surface area contributed by atoms with Gasteiger partial charge < -0.3 is 4.74 Å². The zero-order valence-corrected chi connectivity index (χ0v) is 11.9. The third kappa shape index (κ3) is 3.50. The highest BCUT2D eigenvalue weighted by molar-refractivity contribution is 4.93. The van der Waals surface area contributed by atoms with E-state index < -0.39 is 0 Å². The van der Waals surface area contributed by atoms with Crippen LogP contribution in [-0.4, -0.2) is 57.5 Å². The first kappa shape index (κ1) is 14.4. The predicted octanol–water partition coefficient (Wildman–Crippen LogP) is -0.701. The van der Waals surface area contributed by atoms with Crippen LogP contribution < -0.4 is 11.3 Å². The van der Waals surface area contributed by atoms with Gasteiger partial charge in [0.25, 0.3) is 0 Å². The summed E-state index contributed by atoms with van der Waals surface area (Å²) in [5.41, 5.74) is 2.86. The van der Waals surface area contributed by atoms with Crippen molar-refractivity contribution in [2.45, 2.75) is 38.5 Å². The van der Waals surface area contributed by atoms with E-state index in [-0.39, 0.29) is 12.1 Å². The third-order valence-electron chi connectivity index (χ3n) is 3.73. The maximum absolute atomic E-state index is 5.86. The Morgan fingerprint density at radius 1 is 1.58 bits per heavy atom. The molecule has 0 bridgehead atoms. The molecular weight excluding hydrogens is 244 g/mol. The number of rotatable bonds is 5. The fraction of sp³-hybridized carbons (Fsp3) is 0.833. The average molecular weight is 268 g/mol. The zero-order valence-electron chi connectivity index (χ0n) is 11.9. The molecule has 1 aliphatic heterocycles. The lowest BCUT2D eigenvalue weighted by molar-refractivity contribution is -0.0556. The second kappa shape index (κ2) is 6.42.